The molecule has 5 heteroatoms. The van der Waals surface area contributed by atoms with Crippen molar-refractivity contribution in [3.8, 4) is 0 Å². The molecule has 1 fully saturated rings. The lowest BCUT2D eigenvalue weighted by Gasteiger charge is -2.03. The molecule has 2 rings (SSSR count). The highest BCUT2D eigenvalue weighted by Gasteiger charge is 2.21. The third kappa shape index (κ3) is 2.76. The van der Waals surface area contributed by atoms with E-state index in [1.165, 1.54) is 25.0 Å². The van der Waals surface area contributed by atoms with Crippen molar-refractivity contribution in [1.29, 1.82) is 0 Å². The van der Waals surface area contributed by atoms with E-state index in [1.807, 2.05) is 0 Å². The number of ether oxygens (including phenoxy) is 1. The second-order valence-corrected chi connectivity index (χ2v) is 4.00. The summed E-state index contributed by atoms with van der Waals surface area (Å²) in [5, 5.41) is 10.4. The Morgan fingerprint density at radius 1 is 1.50 bits per heavy atom. The smallest absolute Gasteiger partial charge is 0.304 e. The van der Waals surface area contributed by atoms with Gasteiger partial charge in [0.25, 0.3) is 0 Å². The highest BCUT2D eigenvalue weighted by atomic mass is 19.1. The molecule has 1 aromatic carbocycles. The number of hydrogen-bond donors (Lipinski definition) is 0. The van der Waals surface area contributed by atoms with Crippen LogP contribution in [0.15, 0.2) is 18.2 Å². The Morgan fingerprint density at radius 2 is 2.25 bits per heavy atom. The first kappa shape index (κ1) is 11.0. The third-order valence-corrected chi connectivity index (χ3v) is 2.53. The maximum Gasteiger partial charge on any atom is 0.304 e. The van der Waals surface area contributed by atoms with Gasteiger partial charge < -0.3 is 4.74 Å². The van der Waals surface area contributed by atoms with E-state index >= 15 is 0 Å². The maximum atomic E-state index is 13.2. The van der Waals surface area contributed by atoms with Crippen LogP contribution in [0.1, 0.15) is 18.4 Å². The van der Waals surface area contributed by atoms with Gasteiger partial charge in [-0.25, -0.2) is 0 Å². The van der Waals surface area contributed by atoms with Gasteiger partial charge in [-0.05, 0) is 36.5 Å². The molecular weight excluding hydrogens is 213 g/mol. The Morgan fingerprint density at radius 3 is 2.81 bits per heavy atom. The third-order valence-electron chi connectivity index (χ3n) is 2.53. The van der Waals surface area contributed by atoms with Crippen molar-refractivity contribution in [2.45, 2.75) is 19.4 Å². The van der Waals surface area contributed by atoms with Crippen molar-refractivity contribution < 1.29 is 14.1 Å². The Labute approximate surface area is 92.2 Å². The maximum absolute atomic E-state index is 13.2. The Balaban J connectivity index is 1.93. The molecule has 0 aromatic heterocycles. The molecule has 16 heavy (non-hydrogen) atoms. The molecule has 0 N–H and O–H groups in total. The zero-order valence-corrected chi connectivity index (χ0v) is 8.69. The van der Waals surface area contributed by atoms with Crippen molar-refractivity contribution in [2.24, 2.45) is 5.92 Å². The van der Waals surface area contributed by atoms with Crippen LogP contribution in [0.4, 0.5) is 10.1 Å². The van der Waals surface area contributed by atoms with Gasteiger partial charge in [-0.15, -0.1) is 0 Å². The van der Waals surface area contributed by atoms with Gasteiger partial charge in [0.2, 0.25) is 5.82 Å². The van der Waals surface area contributed by atoms with Gasteiger partial charge in [0.15, 0.2) is 0 Å². The van der Waals surface area contributed by atoms with Crippen LogP contribution in [0.2, 0.25) is 0 Å². The van der Waals surface area contributed by atoms with Crippen molar-refractivity contribution in [2.75, 3.05) is 6.61 Å². The molecule has 86 valence electrons. The molecule has 0 aliphatic heterocycles. The number of rotatable bonds is 5. The minimum absolute atomic E-state index is 0.311. The molecule has 0 amide bonds. The summed E-state index contributed by atoms with van der Waals surface area (Å²) in [6, 6.07) is 3.85. The van der Waals surface area contributed by atoms with Gasteiger partial charge >= 0.3 is 5.69 Å². The molecule has 0 atom stereocenters. The first-order valence-corrected chi connectivity index (χ1v) is 5.17. The largest absolute Gasteiger partial charge is 0.376 e. The summed E-state index contributed by atoms with van der Waals surface area (Å²) in [5.74, 6) is -0.152. The first-order valence-electron chi connectivity index (χ1n) is 5.17. The lowest BCUT2D eigenvalue weighted by atomic mass is 10.2. The molecule has 4 nitrogen and oxygen atoms in total. The summed E-state index contributed by atoms with van der Waals surface area (Å²) in [5.41, 5.74) is 0.134. The van der Waals surface area contributed by atoms with Crippen LogP contribution in [-0.2, 0) is 11.3 Å². The normalized spacial score (nSPS) is 15.1. The number of nitrogens with zero attached hydrogens (tertiary/aromatic N) is 1. The van der Waals surface area contributed by atoms with Crippen LogP contribution in [0.3, 0.4) is 0 Å². The minimum atomic E-state index is -0.808. The van der Waals surface area contributed by atoms with Crippen LogP contribution in [-0.4, -0.2) is 11.5 Å². The van der Waals surface area contributed by atoms with Gasteiger partial charge in [0.1, 0.15) is 0 Å². The summed E-state index contributed by atoms with van der Waals surface area (Å²) in [6.45, 7) is 1.00. The summed E-state index contributed by atoms with van der Waals surface area (Å²) in [4.78, 5) is 9.65. The zero-order chi connectivity index (χ0) is 11.5. The van der Waals surface area contributed by atoms with Crippen molar-refractivity contribution in [3.05, 3.63) is 39.7 Å². The fraction of sp³-hybridized carbons (Fsp3) is 0.455. The Kier molecular flexibility index (Phi) is 3.14. The van der Waals surface area contributed by atoms with Gasteiger partial charge in [-0.2, -0.15) is 4.39 Å². The van der Waals surface area contributed by atoms with Gasteiger partial charge in [-0.1, -0.05) is 0 Å². The van der Waals surface area contributed by atoms with Crippen LogP contribution < -0.4 is 0 Å². The molecule has 1 aliphatic rings. The lowest BCUT2D eigenvalue weighted by molar-refractivity contribution is -0.387. The lowest BCUT2D eigenvalue weighted by Crippen LogP contribution is -1.99. The molecule has 1 aromatic rings. The van der Waals surface area contributed by atoms with E-state index in [1.54, 1.807) is 0 Å². The van der Waals surface area contributed by atoms with E-state index in [-0.39, 0.29) is 0 Å². The summed E-state index contributed by atoms with van der Waals surface area (Å²) in [7, 11) is 0. The van der Waals surface area contributed by atoms with Gasteiger partial charge in [0.05, 0.1) is 11.5 Å². The monoisotopic (exact) mass is 225 g/mol. The van der Waals surface area contributed by atoms with Crippen LogP contribution in [0.5, 0.6) is 0 Å². The van der Waals surface area contributed by atoms with E-state index in [4.69, 9.17) is 4.74 Å². The minimum Gasteiger partial charge on any atom is -0.376 e. The SMILES string of the molecule is O=[N+]([O-])c1ccc(COCC2CC2)cc1F. The van der Waals surface area contributed by atoms with Gasteiger partial charge in [0, 0.05) is 12.7 Å². The molecule has 1 saturated carbocycles. The molecular formula is C11H12FNO3. The molecule has 0 heterocycles. The summed E-state index contributed by atoms with van der Waals surface area (Å²) >= 11 is 0. The molecule has 0 radical (unpaired) electrons. The predicted octanol–water partition coefficient (Wildman–Crippen LogP) is 2.66. The number of nitro benzene ring substituents is 1. The fourth-order valence-corrected chi connectivity index (χ4v) is 1.42. The molecule has 0 spiro atoms. The highest BCUT2D eigenvalue weighted by Crippen LogP contribution is 2.29. The topological polar surface area (TPSA) is 52.4 Å². The van der Waals surface area contributed by atoms with Crippen molar-refractivity contribution >= 4 is 5.69 Å². The summed E-state index contributed by atoms with van der Waals surface area (Å²) < 4.78 is 18.6. The van der Waals surface area contributed by atoms with E-state index < -0.39 is 16.4 Å². The highest BCUT2D eigenvalue weighted by molar-refractivity contribution is 5.34. The molecule has 0 unspecified atom stereocenters. The second kappa shape index (κ2) is 4.57. The fourth-order valence-electron chi connectivity index (χ4n) is 1.42. The van der Waals surface area contributed by atoms with Crippen molar-refractivity contribution in [3.63, 3.8) is 0 Å². The second-order valence-electron chi connectivity index (χ2n) is 4.00. The quantitative estimate of drug-likeness (QED) is 0.571. The number of hydrogen-bond acceptors (Lipinski definition) is 3. The van der Waals surface area contributed by atoms with E-state index in [0.29, 0.717) is 24.7 Å². The van der Waals surface area contributed by atoms with E-state index in [9.17, 15) is 14.5 Å². The average molecular weight is 225 g/mol. The van der Waals surface area contributed by atoms with Crippen molar-refractivity contribution in [1.82, 2.24) is 0 Å². The first-order chi connectivity index (χ1) is 7.66. The number of benzene rings is 1. The summed E-state index contributed by atoms with van der Waals surface area (Å²) in [6.07, 6.45) is 2.41. The van der Waals surface area contributed by atoms with Crippen LogP contribution >= 0.6 is 0 Å². The average Bonchev–Trinajstić information content (AvgIpc) is 3.01. The Hall–Kier alpha value is -1.49. The standard InChI is InChI=1S/C11H12FNO3/c12-10-5-9(3-4-11(10)13(14)15)7-16-6-8-1-2-8/h3-5,8H,1-2,6-7H2. The molecule has 1 aliphatic carbocycles. The Bertz CT molecular complexity index is 404. The zero-order valence-electron chi connectivity index (χ0n) is 8.69. The molecule has 0 bridgehead atoms. The van der Waals surface area contributed by atoms with Gasteiger partial charge in [-0.3, -0.25) is 10.1 Å². The van der Waals surface area contributed by atoms with Crippen LogP contribution in [0, 0.1) is 21.8 Å². The molecule has 0 saturated heterocycles. The number of nitro groups is 1. The predicted molar refractivity (Wildman–Crippen MR) is 55.4 cm³/mol. The van der Waals surface area contributed by atoms with E-state index in [0.717, 1.165) is 6.07 Å². The van der Waals surface area contributed by atoms with E-state index in [2.05, 4.69) is 0 Å². The van der Waals surface area contributed by atoms with Crippen LogP contribution in [0.25, 0.3) is 0 Å². The number of halogens is 1.